The van der Waals surface area contributed by atoms with Gasteiger partial charge in [0.2, 0.25) is 5.91 Å². The highest BCUT2D eigenvalue weighted by Gasteiger charge is 2.12. The number of hydrogen-bond acceptors (Lipinski definition) is 1. The van der Waals surface area contributed by atoms with Gasteiger partial charge >= 0.3 is 0 Å². The highest BCUT2D eigenvalue weighted by atomic mass is 16.2. The largest absolute Gasteiger partial charge is 0.339 e. The molecule has 0 aliphatic carbocycles. The van der Waals surface area contributed by atoms with Crippen LogP contribution in [0.5, 0.6) is 0 Å². The minimum absolute atomic E-state index is 0.173. The van der Waals surface area contributed by atoms with Crippen molar-refractivity contribution in [2.24, 2.45) is 0 Å². The van der Waals surface area contributed by atoms with Crippen molar-refractivity contribution >= 4 is 5.91 Å². The van der Waals surface area contributed by atoms with E-state index in [1.54, 1.807) is 12.2 Å². The summed E-state index contributed by atoms with van der Waals surface area (Å²) in [4.78, 5) is 13.2. The Morgan fingerprint density at radius 3 is 2.45 bits per heavy atom. The van der Waals surface area contributed by atoms with Crippen LogP contribution in [0.2, 0.25) is 0 Å². The number of carbonyl (C=O) groups excluding carboxylic acids is 1. The zero-order valence-electron chi connectivity index (χ0n) is 7.05. The fraction of sp³-hybridized carbons (Fsp3) is 0.667. The van der Waals surface area contributed by atoms with Gasteiger partial charge in [0.25, 0.3) is 0 Å². The second kappa shape index (κ2) is 4.16. The van der Waals surface area contributed by atoms with Crippen LogP contribution in [0.25, 0.3) is 0 Å². The maximum atomic E-state index is 11.2. The Morgan fingerprint density at radius 2 is 1.91 bits per heavy atom. The lowest BCUT2D eigenvalue weighted by Crippen LogP contribution is -2.34. The lowest BCUT2D eigenvalue weighted by molar-refractivity contribution is -0.126. The Kier molecular flexibility index (Phi) is 3.14. The second-order valence-electron chi connectivity index (χ2n) is 2.89. The van der Waals surface area contributed by atoms with Crippen molar-refractivity contribution in [2.75, 3.05) is 13.1 Å². The number of nitrogens with zero attached hydrogens (tertiary/aromatic N) is 1. The van der Waals surface area contributed by atoms with Crippen molar-refractivity contribution in [3.63, 3.8) is 0 Å². The number of carbonyl (C=O) groups is 1. The molecule has 0 atom stereocenters. The number of allylic oxidation sites excluding steroid dienone is 1. The van der Waals surface area contributed by atoms with Gasteiger partial charge in [0, 0.05) is 13.1 Å². The molecule has 0 aromatic carbocycles. The average molecular weight is 153 g/mol. The van der Waals surface area contributed by atoms with Gasteiger partial charge in [-0.1, -0.05) is 6.08 Å². The summed E-state index contributed by atoms with van der Waals surface area (Å²) < 4.78 is 0. The Morgan fingerprint density at radius 1 is 1.27 bits per heavy atom. The lowest BCUT2D eigenvalue weighted by atomic mass is 10.1. The van der Waals surface area contributed by atoms with E-state index in [1.165, 1.54) is 19.3 Å². The minimum atomic E-state index is 0.173. The van der Waals surface area contributed by atoms with Gasteiger partial charge in [-0.05, 0) is 32.3 Å². The zero-order valence-corrected chi connectivity index (χ0v) is 7.05. The summed E-state index contributed by atoms with van der Waals surface area (Å²) in [7, 11) is 0. The van der Waals surface area contributed by atoms with E-state index in [1.807, 2.05) is 11.8 Å². The number of amides is 1. The first-order valence-electron chi connectivity index (χ1n) is 4.26. The average Bonchev–Trinajstić information content (AvgIpc) is 2.07. The highest BCUT2D eigenvalue weighted by Crippen LogP contribution is 2.08. The van der Waals surface area contributed by atoms with E-state index in [0.717, 1.165) is 13.1 Å². The van der Waals surface area contributed by atoms with Crippen molar-refractivity contribution in [1.29, 1.82) is 0 Å². The van der Waals surface area contributed by atoms with Crippen LogP contribution in [0.4, 0.5) is 0 Å². The Hall–Kier alpha value is -0.790. The van der Waals surface area contributed by atoms with Crippen LogP contribution in [-0.2, 0) is 4.79 Å². The fourth-order valence-corrected chi connectivity index (χ4v) is 1.36. The molecule has 1 aliphatic rings. The van der Waals surface area contributed by atoms with Gasteiger partial charge in [-0.15, -0.1) is 0 Å². The first-order chi connectivity index (χ1) is 5.34. The van der Waals surface area contributed by atoms with Gasteiger partial charge in [0.05, 0.1) is 0 Å². The summed E-state index contributed by atoms with van der Waals surface area (Å²) in [5, 5.41) is 0. The quantitative estimate of drug-likeness (QED) is 0.524. The van der Waals surface area contributed by atoms with Crippen LogP contribution < -0.4 is 0 Å². The molecule has 1 fully saturated rings. The zero-order chi connectivity index (χ0) is 8.10. The van der Waals surface area contributed by atoms with Crippen molar-refractivity contribution in [3.05, 3.63) is 12.2 Å². The third-order valence-electron chi connectivity index (χ3n) is 1.98. The molecule has 0 aromatic heterocycles. The van der Waals surface area contributed by atoms with Gasteiger partial charge < -0.3 is 4.90 Å². The summed E-state index contributed by atoms with van der Waals surface area (Å²) in [5.41, 5.74) is 0. The van der Waals surface area contributed by atoms with E-state index in [0.29, 0.717) is 0 Å². The van der Waals surface area contributed by atoms with E-state index in [4.69, 9.17) is 0 Å². The van der Waals surface area contributed by atoms with Crippen LogP contribution in [0.15, 0.2) is 12.2 Å². The predicted octanol–water partition coefficient (Wildman–Crippen LogP) is 1.58. The first-order valence-corrected chi connectivity index (χ1v) is 4.26. The maximum absolute atomic E-state index is 11.2. The van der Waals surface area contributed by atoms with Crippen molar-refractivity contribution in [2.45, 2.75) is 26.2 Å². The third kappa shape index (κ3) is 2.37. The van der Waals surface area contributed by atoms with Crippen LogP contribution in [-0.4, -0.2) is 23.9 Å². The molecule has 2 heteroatoms. The van der Waals surface area contributed by atoms with Crippen LogP contribution in [0, 0.1) is 0 Å². The molecule has 0 bridgehead atoms. The minimum Gasteiger partial charge on any atom is -0.339 e. The summed E-state index contributed by atoms with van der Waals surface area (Å²) in [6.45, 7) is 3.77. The number of piperidine rings is 1. The van der Waals surface area contributed by atoms with Gasteiger partial charge in [0.15, 0.2) is 0 Å². The number of hydrogen-bond donors (Lipinski definition) is 0. The standard InChI is InChI=1S/C9H15NO/c1-2-6-9(11)10-7-4-3-5-8-10/h2,6H,3-5,7-8H2,1H3/b6-2-. The molecular weight excluding hydrogens is 138 g/mol. The van der Waals surface area contributed by atoms with Crippen molar-refractivity contribution < 1.29 is 4.79 Å². The van der Waals surface area contributed by atoms with E-state index in [9.17, 15) is 4.79 Å². The van der Waals surface area contributed by atoms with Gasteiger partial charge in [0.1, 0.15) is 0 Å². The topological polar surface area (TPSA) is 20.3 Å². The maximum Gasteiger partial charge on any atom is 0.246 e. The molecule has 1 amide bonds. The van der Waals surface area contributed by atoms with Crippen LogP contribution in [0.3, 0.4) is 0 Å². The third-order valence-corrected chi connectivity index (χ3v) is 1.98. The first kappa shape index (κ1) is 8.31. The summed E-state index contributed by atoms with van der Waals surface area (Å²) in [6, 6.07) is 0. The summed E-state index contributed by atoms with van der Waals surface area (Å²) >= 11 is 0. The molecule has 1 heterocycles. The molecule has 62 valence electrons. The molecule has 0 N–H and O–H groups in total. The Labute approximate surface area is 67.9 Å². The molecule has 0 unspecified atom stereocenters. The summed E-state index contributed by atoms with van der Waals surface area (Å²) in [6.07, 6.45) is 7.06. The number of rotatable bonds is 1. The molecule has 0 aromatic rings. The van der Waals surface area contributed by atoms with E-state index in [2.05, 4.69) is 0 Å². The molecule has 0 saturated carbocycles. The predicted molar refractivity (Wildman–Crippen MR) is 45.2 cm³/mol. The lowest BCUT2D eigenvalue weighted by Gasteiger charge is -2.25. The highest BCUT2D eigenvalue weighted by molar-refractivity contribution is 5.87. The Bertz CT molecular complexity index is 157. The molecule has 1 aliphatic heterocycles. The van der Waals surface area contributed by atoms with E-state index < -0.39 is 0 Å². The monoisotopic (exact) mass is 153 g/mol. The fourth-order valence-electron chi connectivity index (χ4n) is 1.36. The van der Waals surface area contributed by atoms with Crippen molar-refractivity contribution in [1.82, 2.24) is 4.90 Å². The van der Waals surface area contributed by atoms with Gasteiger partial charge in [-0.2, -0.15) is 0 Å². The molecular formula is C9H15NO. The van der Waals surface area contributed by atoms with Crippen molar-refractivity contribution in [3.8, 4) is 0 Å². The van der Waals surface area contributed by atoms with Gasteiger partial charge in [-0.25, -0.2) is 0 Å². The normalized spacial score (nSPS) is 19.2. The van der Waals surface area contributed by atoms with E-state index in [-0.39, 0.29) is 5.91 Å². The smallest absolute Gasteiger partial charge is 0.246 e. The molecule has 1 rings (SSSR count). The molecule has 11 heavy (non-hydrogen) atoms. The Balaban J connectivity index is 2.38. The molecule has 1 saturated heterocycles. The molecule has 2 nitrogen and oxygen atoms in total. The SMILES string of the molecule is C/C=C\C(=O)N1CCCCC1. The van der Waals surface area contributed by atoms with Crippen LogP contribution in [0.1, 0.15) is 26.2 Å². The van der Waals surface area contributed by atoms with E-state index >= 15 is 0 Å². The molecule has 0 radical (unpaired) electrons. The number of likely N-dealkylation sites (tertiary alicyclic amines) is 1. The second-order valence-corrected chi connectivity index (χ2v) is 2.89. The van der Waals surface area contributed by atoms with Gasteiger partial charge in [-0.3, -0.25) is 4.79 Å². The van der Waals surface area contributed by atoms with Crippen LogP contribution >= 0.6 is 0 Å². The molecule has 0 spiro atoms. The summed E-state index contributed by atoms with van der Waals surface area (Å²) in [5.74, 6) is 0.173.